The molecule has 9 heteroatoms. The van der Waals surface area contributed by atoms with Crippen molar-refractivity contribution in [1.82, 2.24) is 5.32 Å². The SMILES string of the molecule is CC(C)NC(=O)[C@H](C)Oc1ccc(S(=O)(=O)Nc2ccc(Cl)cc2Cl)cc1. The van der Waals surface area contributed by atoms with Crippen LogP contribution in [0.5, 0.6) is 5.75 Å². The van der Waals surface area contributed by atoms with Gasteiger partial charge in [0.05, 0.1) is 15.6 Å². The lowest BCUT2D eigenvalue weighted by atomic mass is 10.3. The maximum Gasteiger partial charge on any atom is 0.261 e. The summed E-state index contributed by atoms with van der Waals surface area (Å²) in [5.41, 5.74) is 0.223. The second kappa shape index (κ2) is 8.82. The molecule has 1 atom stereocenters. The summed E-state index contributed by atoms with van der Waals surface area (Å²) in [6.45, 7) is 5.32. The van der Waals surface area contributed by atoms with Crippen molar-refractivity contribution in [2.45, 2.75) is 37.8 Å². The lowest BCUT2D eigenvalue weighted by molar-refractivity contribution is -0.127. The van der Waals surface area contributed by atoms with Crippen LogP contribution < -0.4 is 14.8 Å². The number of carbonyl (C=O) groups excluding carboxylic acids is 1. The zero-order valence-corrected chi connectivity index (χ0v) is 17.3. The van der Waals surface area contributed by atoms with Gasteiger partial charge in [-0.2, -0.15) is 0 Å². The molecule has 2 aromatic carbocycles. The number of benzene rings is 2. The molecule has 146 valence electrons. The summed E-state index contributed by atoms with van der Waals surface area (Å²) in [7, 11) is -3.84. The second-order valence-corrected chi connectivity index (χ2v) is 8.65. The molecule has 0 bridgehead atoms. The molecule has 1 amide bonds. The number of rotatable bonds is 7. The predicted molar refractivity (Wildman–Crippen MR) is 107 cm³/mol. The van der Waals surface area contributed by atoms with Crippen LogP contribution in [0.2, 0.25) is 10.0 Å². The lowest BCUT2D eigenvalue weighted by Gasteiger charge is -2.16. The minimum Gasteiger partial charge on any atom is -0.481 e. The third kappa shape index (κ3) is 6.02. The van der Waals surface area contributed by atoms with Crippen LogP contribution >= 0.6 is 23.2 Å². The topological polar surface area (TPSA) is 84.5 Å². The molecule has 2 N–H and O–H groups in total. The number of halogens is 2. The maximum absolute atomic E-state index is 12.5. The van der Waals surface area contributed by atoms with Gasteiger partial charge in [0.25, 0.3) is 15.9 Å². The number of nitrogens with one attached hydrogen (secondary N) is 2. The van der Waals surface area contributed by atoms with Gasteiger partial charge in [0.1, 0.15) is 5.75 Å². The lowest BCUT2D eigenvalue weighted by Crippen LogP contribution is -2.40. The fraction of sp³-hybridized carbons (Fsp3) is 0.278. The highest BCUT2D eigenvalue weighted by atomic mass is 35.5. The summed E-state index contributed by atoms with van der Waals surface area (Å²) in [6.07, 6.45) is -0.708. The van der Waals surface area contributed by atoms with Crippen molar-refractivity contribution in [3.63, 3.8) is 0 Å². The van der Waals surface area contributed by atoms with Gasteiger partial charge < -0.3 is 10.1 Å². The van der Waals surface area contributed by atoms with Crippen LogP contribution in [0, 0.1) is 0 Å². The number of amides is 1. The summed E-state index contributed by atoms with van der Waals surface area (Å²) in [6, 6.07) is 10.2. The van der Waals surface area contributed by atoms with E-state index in [4.69, 9.17) is 27.9 Å². The smallest absolute Gasteiger partial charge is 0.261 e. The molecule has 0 heterocycles. The Balaban J connectivity index is 2.10. The van der Waals surface area contributed by atoms with E-state index in [1.165, 1.54) is 42.5 Å². The fourth-order valence-electron chi connectivity index (χ4n) is 2.13. The number of anilines is 1. The molecular formula is C18H20Cl2N2O4S. The van der Waals surface area contributed by atoms with E-state index in [1.807, 2.05) is 13.8 Å². The maximum atomic E-state index is 12.5. The van der Waals surface area contributed by atoms with E-state index in [2.05, 4.69) is 10.0 Å². The molecule has 0 aliphatic rings. The van der Waals surface area contributed by atoms with Gasteiger partial charge in [0.15, 0.2) is 6.10 Å². The van der Waals surface area contributed by atoms with Crippen molar-refractivity contribution in [2.75, 3.05) is 4.72 Å². The Bertz CT molecular complexity index is 915. The zero-order chi connectivity index (χ0) is 20.2. The van der Waals surface area contributed by atoms with Crippen molar-refractivity contribution in [2.24, 2.45) is 0 Å². The van der Waals surface area contributed by atoms with Crippen LogP contribution in [0.25, 0.3) is 0 Å². The first-order valence-corrected chi connectivity index (χ1v) is 10.4. The molecule has 6 nitrogen and oxygen atoms in total. The van der Waals surface area contributed by atoms with Gasteiger partial charge in [-0.25, -0.2) is 8.42 Å². The molecule has 0 fully saturated rings. The van der Waals surface area contributed by atoms with Gasteiger partial charge in [-0.05, 0) is 63.2 Å². The second-order valence-electron chi connectivity index (χ2n) is 6.12. The number of carbonyl (C=O) groups is 1. The van der Waals surface area contributed by atoms with Crippen molar-refractivity contribution < 1.29 is 17.9 Å². The van der Waals surface area contributed by atoms with Crippen LogP contribution in [0.1, 0.15) is 20.8 Å². The summed E-state index contributed by atoms with van der Waals surface area (Å²) in [5.74, 6) is 0.130. The molecule has 0 aliphatic carbocycles. The van der Waals surface area contributed by atoms with Crippen LogP contribution in [0.15, 0.2) is 47.4 Å². The highest BCUT2D eigenvalue weighted by Gasteiger charge is 2.18. The molecule has 0 aliphatic heterocycles. The third-order valence-corrected chi connectivity index (χ3v) is 5.35. The van der Waals surface area contributed by atoms with Crippen molar-refractivity contribution in [3.05, 3.63) is 52.5 Å². The third-order valence-electron chi connectivity index (χ3n) is 3.42. The van der Waals surface area contributed by atoms with Crippen molar-refractivity contribution in [3.8, 4) is 5.75 Å². The van der Waals surface area contributed by atoms with E-state index in [1.54, 1.807) is 6.92 Å². The van der Waals surface area contributed by atoms with E-state index in [9.17, 15) is 13.2 Å². The molecule has 0 saturated heterocycles. The van der Waals surface area contributed by atoms with Crippen LogP contribution in [-0.2, 0) is 14.8 Å². The van der Waals surface area contributed by atoms with Crippen LogP contribution in [-0.4, -0.2) is 26.5 Å². The van der Waals surface area contributed by atoms with Crippen LogP contribution in [0.4, 0.5) is 5.69 Å². The average molecular weight is 431 g/mol. The molecule has 0 spiro atoms. The monoisotopic (exact) mass is 430 g/mol. The molecular weight excluding hydrogens is 411 g/mol. The minimum absolute atomic E-state index is 0.00170. The van der Waals surface area contributed by atoms with Gasteiger partial charge in [-0.1, -0.05) is 23.2 Å². The molecule has 27 heavy (non-hydrogen) atoms. The molecule has 0 unspecified atom stereocenters. The van der Waals surface area contributed by atoms with Crippen LogP contribution in [0.3, 0.4) is 0 Å². The molecule has 2 rings (SSSR count). The Morgan fingerprint density at radius 2 is 1.67 bits per heavy atom. The van der Waals surface area contributed by atoms with Gasteiger partial charge in [-0.15, -0.1) is 0 Å². The first-order chi connectivity index (χ1) is 12.6. The van der Waals surface area contributed by atoms with Gasteiger partial charge in [-0.3, -0.25) is 9.52 Å². The number of ether oxygens (including phenoxy) is 1. The van der Waals surface area contributed by atoms with E-state index in [-0.39, 0.29) is 27.6 Å². The first-order valence-electron chi connectivity index (χ1n) is 8.13. The zero-order valence-electron chi connectivity index (χ0n) is 15.0. The Kier molecular flexibility index (Phi) is 6.97. The normalized spacial score (nSPS) is 12.5. The Hall–Kier alpha value is -1.96. The molecule has 0 aromatic heterocycles. The summed E-state index contributed by atoms with van der Waals surface area (Å²) in [4.78, 5) is 11.9. The predicted octanol–water partition coefficient (Wildman–Crippen LogP) is 4.09. The number of hydrogen-bond acceptors (Lipinski definition) is 4. The Morgan fingerprint density at radius 1 is 1.04 bits per heavy atom. The largest absolute Gasteiger partial charge is 0.481 e. The molecule has 2 aromatic rings. The summed E-state index contributed by atoms with van der Waals surface area (Å²) < 4.78 is 32.9. The van der Waals surface area contributed by atoms with E-state index in [0.29, 0.717) is 10.8 Å². The minimum atomic E-state index is -3.84. The summed E-state index contributed by atoms with van der Waals surface area (Å²) in [5, 5.41) is 3.34. The van der Waals surface area contributed by atoms with Gasteiger partial charge >= 0.3 is 0 Å². The highest BCUT2D eigenvalue weighted by molar-refractivity contribution is 7.92. The highest BCUT2D eigenvalue weighted by Crippen LogP contribution is 2.28. The summed E-state index contributed by atoms with van der Waals surface area (Å²) >= 11 is 11.8. The fourth-order valence-corrected chi connectivity index (χ4v) is 3.72. The number of sulfonamides is 1. The molecule has 0 saturated carbocycles. The van der Waals surface area contributed by atoms with Gasteiger partial charge in [0, 0.05) is 11.1 Å². The van der Waals surface area contributed by atoms with E-state index < -0.39 is 16.1 Å². The quantitative estimate of drug-likeness (QED) is 0.692. The van der Waals surface area contributed by atoms with E-state index in [0.717, 1.165) is 0 Å². The van der Waals surface area contributed by atoms with Gasteiger partial charge in [0.2, 0.25) is 0 Å². The molecule has 0 radical (unpaired) electrons. The Morgan fingerprint density at radius 3 is 2.22 bits per heavy atom. The van der Waals surface area contributed by atoms with E-state index >= 15 is 0 Å². The van der Waals surface area contributed by atoms with Crippen molar-refractivity contribution in [1.29, 1.82) is 0 Å². The first kappa shape index (κ1) is 21.3. The number of hydrogen-bond donors (Lipinski definition) is 2. The standard InChI is InChI=1S/C18H20Cl2N2O4S/c1-11(2)21-18(23)12(3)26-14-5-7-15(8-6-14)27(24,25)22-17-9-4-13(19)10-16(17)20/h4-12,22H,1-3H3,(H,21,23)/t12-/m0/s1. The van der Waals surface area contributed by atoms with Crippen molar-refractivity contribution >= 4 is 44.8 Å². The average Bonchev–Trinajstić information content (AvgIpc) is 2.57. The Labute approximate surface area is 168 Å².